The average molecular weight is 446 g/mol. The lowest BCUT2D eigenvalue weighted by molar-refractivity contribution is -0.139. The van der Waals surface area contributed by atoms with E-state index in [1.54, 1.807) is 6.07 Å². The fourth-order valence-corrected chi connectivity index (χ4v) is 4.99. The van der Waals surface area contributed by atoms with Crippen LogP contribution >= 0.6 is 23.2 Å². The van der Waals surface area contributed by atoms with Gasteiger partial charge in [0.25, 0.3) is 0 Å². The Balaban J connectivity index is 1.28. The molecule has 1 amide bonds. The number of hydrogen-bond acceptors (Lipinski definition) is 3. The lowest BCUT2D eigenvalue weighted by Crippen LogP contribution is -2.52. The van der Waals surface area contributed by atoms with Gasteiger partial charge in [-0.2, -0.15) is 0 Å². The summed E-state index contributed by atoms with van der Waals surface area (Å²) in [5, 5.41) is 1.35. The van der Waals surface area contributed by atoms with Crippen molar-refractivity contribution in [2.45, 2.75) is 25.9 Å². The van der Waals surface area contributed by atoms with Gasteiger partial charge in [0.1, 0.15) is 0 Å². The van der Waals surface area contributed by atoms with Crippen LogP contribution in [0.15, 0.2) is 48.5 Å². The first-order valence-corrected chi connectivity index (χ1v) is 11.6. The molecule has 0 radical (unpaired) electrons. The number of piperazine rings is 1. The van der Waals surface area contributed by atoms with Gasteiger partial charge in [-0.25, -0.2) is 0 Å². The highest BCUT2D eigenvalue weighted by Crippen LogP contribution is 2.26. The van der Waals surface area contributed by atoms with Gasteiger partial charge in [0.15, 0.2) is 0 Å². The maximum atomic E-state index is 13.2. The van der Waals surface area contributed by atoms with E-state index >= 15 is 0 Å². The van der Waals surface area contributed by atoms with Crippen LogP contribution in [0.5, 0.6) is 0 Å². The van der Waals surface area contributed by atoms with Gasteiger partial charge >= 0.3 is 0 Å². The standard InChI is InChI=1S/C24H29Cl2N3O/c25-22-9-8-20(23(26)15-22)17-28-10-4-7-21(18-28)24(30)29-13-11-27(12-14-29)16-19-5-2-1-3-6-19/h1-3,5-6,8-9,15,21H,4,7,10-14,16-18H2/t21-/m0/s1. The van der Waals surface area contributed by atoms with Crippen molar-refractivity contribution in [3.63, 3.8) is 0 Å². The third kappa shape index (κ3) is 5.55. The molecule has 0 aromatic heterocycles. The summed E-state index contributed by atoms with van der Waals surface area (Å²) in [6.45, 7) is 7.08. The van der Waals surface area contributed by atoms with Crippen LogP contribution in [-0.2, 0) is 17.9 Å². The Labute approximate surface area is 189 Å². The summed E-state index contributed by atoms with van der Waals surface area (Å²) < 4.78 is 0. The number of benzene rings is 2. The molecule has 0 aliphatic carbocycles. The Morgan fingerprint density at radius 2 is 1.67 bits per heavy atom. The number of hydrogen-bond donors (Lipinski definition) is 0. The molecule has 0 bridgehead atoms. The zero-order valence-electron chi connectivity index (χ0n) is 17.3. The summed E-state index contributed by atoms with van der Waals surface area (Å²) in [5.74, 6) is 0.409. The van der Waals surface area contributed by atoms with Gasteiger partial charge in [0.05, 0.1) is 5.92 Å². The first kappa shape index (κ1) is 21.6. The third-order valence-corrected chi connectivity index (χ3v) is 6.78. The van der Waals surface area contributed by atoms with E-state index in [9.17, 15) is 4.79 Å². The second-order valence-electron chi connectivity index (χ2n) is 8.40. The number of likely N-dealkylation sites (tertiary alicyclic amines) is 1. The monoisotopic (exact) mass is 445 g/mol. The highest BCUT2D eigenvalue weighted by atomic mass is 35.5. The highest BCUT2D eigenvalue weighted by Gasteiger charge is 2.31. The van der Waals surface area contributed by atoms with E-state index < -0.39 is 0 Å². The van der Waals surface area contributed by atoms with E-state index in [2.05, 4.69) is 45.0 Å². The highest BCUT2D eigenvalue weighted by molar-refractivity contribution is 6.35. The van der Waals surface area contributed by atoms with Crippen molar-refractivity contribution in [2.75, 3.05) is 39.3 Å². The second-order valence-corrected chi connectivity index (χ2v) is 9.24. The SMILES string of the molecule is O=C([C@H]1CCCN(Cc2ccc(Cl)cc2Cl)C1)N1CCN(Cc2ccccc2)CC1. The van der Waals surface area contributed by atoms with E-state index in [0.717, 1.165) is 70.8 Å². The molecule has 4 nitrogen and oxygen atoms in total. The third-order valence-electron chi connectivity index (χ3n) is 6.20. The molecule has 4 rings (SSSR count). The number of piperidine rings is 1. The summed E-state index contributed by atoms with van der Waals surface area (Å²) in [7, 11) is 0. The van der Waals surface area contributed by atoms with Crippen LogP contribution in [0.1, 0.15) is 24.0 Å². The first-order chi connectivity index (χ1) is 14.6. The number of carbonyl (C=O) groups excluding carboxylic acids is 1. The van der Waals surface area contributed by atoms with Gasteiger partial charge in [-0.15, -0.1) is 0 Å². The molecule has 0 spiro atoms. The summed E-state index contributed by atoms with van der Waals surface area (Å²) in [6.07, 6.45) is 2.03. The molecule has 2 saturated heterocycles. The van der Waals surface area contributed by atoms with E-state index in [4.69, 9.17) is 23.2 Å². The molecule has 0 unspecified atom stereocenters. The maximum Gasteiger partial charge on any atom is 0.227 e. The van der Waals surface area contributed by atoms with E-state index in [0.29, 0.717) is 16.0 Å². The van der Waals surface area contributed by atoms with Gasteiger partial charge in [-0.1, -0.05) is 59.6 Å². The van der Waals surface area contributed by atoms with Crippen LogP contribution in [0.4, 0.5) is 0 Å². The molecule has 2 aromatic carbocycles. The van der Waals surface area contributed by atoms with E-state index in [-0.39, 0.29) is 5.92 Å². The number of nitrogens with zero attached hydrogens (tertiary/aromatic N) is 3. The smallest absolute Gasteiger partial charge is 0.227 e. The molecule has 6 heteroatoms. The van der Waals surface area contributed by atoms with Crippen LogP contribution in [0.2, 0.25) is 10.0 Å². The summed E-state index contributed by atoms with van der Waals surface area (Å²) >= 11 is 12.4. The molecule has 2 aromatic rings. The minimum Gasteiger partial charge on any atom is -0.340 e. The number of rotatable bonds is 5. The largest absolute Gasteiger partial charge is 0.340 e. The fourth-order valence-electron chi connectivity index (χ4n) is 4.52. The number of amides is 1. The van der Waals surface area contributed by atoms with Crippen LogP contribution in [-0.4, -0.2) is 59.9 Å². The molecule has 2 aliphatic rings. The minimum absolute atomic E-state index is 0.0884. The van der Waals surface area contributed by atoms with Crippen molar-refractivity contribution in [2.24, 2.45) is 5.92 Å². The quantitative estimate of drug-likeness (QED) is 0.675. The molecule has 2 fully saturated rings. The molecular weight excluding hydrogens is 417 g/mol. The number of carbonyl (C=O) groups is 1. The van der Waals surface area contributed by atoms with Gasteiger partial charge in [-0.05, 0) is 42.6 Å². The second kappa shape index (κ2) is 10.1. The number of halogens is 2. The summed E-state index contributed by atoms with van der Waals surface area (Å²) in [6, 6.07) is 16.2. The van der Waals surface area contributed by atoms with Crippen LogP contribution in [0.3, 0.4) is 0 Å². The minimum atomic E-state index is 0.0884. The molecule has 0 N–H and O–H groups in total. The molecule has 2 heterocycles. The Morgan fingerprint density at radius 1 is 0.900 bits per heavy atom. The average Bonchev–Trinajstić information content (AvgIpc) is 2.77. The topological polar surface area (TPSA) is 26.8 Å². The van der Waals surface area contributed by atoms with Gasteiger partial charge in [0, 0.05) is 55.9 Å². The molecular formula is C24H29Cl2N3O. The van der Waals surface area contributed by atoms with Crippen LogP contribution in [0, 0.1) is 5.92 Å². The zero-order valence-corrected chi connectivity index (χ0v) is 18.8. The Bertz CT molecular complexity index is 853. The van der Waals surface area contributed by atoms with Crippen molar-refractivity contribution >= 4 is 29.1 Å². The fraction of sp³-hybridized carbons (Fsp3) is 0.458. The van der Waals surface area contributed by atoms with Crippen molar-refractivity contribution in [1.29, 1.82) is 0 Å². The zero-order chi connectivity index (χ0) is 20.9. The van der Waals surface area contributed by atoms with Gasteiger partial charge in [-0.3, -0.25) is 14.6 Å². The predicted octanol–water partition coefficient (Wildman–Crippen LogP) is 4.55. The lowest BCUT2D eigenvalue weighted by Gasteiger charge is -2.39. The molecule has 30 heavy (non-hydrogen) atoms. The Hall–Kier alpha value is -1.59. The van der Waals surface area contributed by atoms with E-state index in [1.807, 2.05) is 12.1 Å². The summed E-state index contributed by atoms with van der Waals surface area (Å²) in [4.78, 5) is 20.0. The van der Waals surface area contributed by atoms with Crippen molar-refractivity contribution in [3.8, 4) is 0 Å². The molecule has 0 saturated carbocycles. The molecule has 160 valence electrons. The van der Waals surface area contributed by atoms with Gasteiger partial charge in [0.2, 0.25) is 5.91 Å². The van der Waals surface area contributed by atoms with E-state index in [1.165, 1.54) is 5.56 Å². The first-order valence-electron chi connectivity index (χ1n) is 10.8. The van der Waals surface area contributed by atoms with Gasteiger partial charge < -0.3 is 4.90 Å². The lowest BCUT2D eigenvalue weighted by atomic mass is 9.95. The summed E-state index contributed by atoms with van der Waals surface area (Å²) in [5.41, 5.74) is 2.41. The molecule has 1 atom stereocenters. The van der Waals surface area contributed by atoms with Crippen LogP contribution in [0.25, 0.3) is 0 Å². The Morgan fingerprint density at radius 3 is 2.40 bits per heavy atom. The predicted molar refractivity (Wildman–Crippen MR) is 123 cm³/mol. The molecule has 2 aliphatic heterocycles. The van der Waals surface area contributed by atoms with Crippen molar-refractivity contribution in [1.82, 2.24) is 14.7 Å². The maximum absolute atomic E-state index is 13.2. The van der Waals surface area contributed by atoms with Crippen molar-refractivity contribution < 1.29 is 4.79 Å². The van der Waals surface area contributed by atoms with Crippen molar-refractivity contribution in [3.05, 3.63) is 69.7 Å². The normalized spacial score (nSPS) is 21.0. The van der Waals surface area contributed by atoms with Crippen LogP contribution < -0.4 is 0 Å². The Kier molecular flexibility index (Phi) is 7.32.